The Kier molecular flexibility index (Phi) is 8.65. The summed E-state index contributed by atoms with van der Waals surface area (Å²) >= 11 is 0. The molecule has 0 aromatic heterocycles. The first-order valence-corrected chi connectivity index (χ1v) is 13.1. The molecule has 3 aromatic rings. The average Bonchev–Trinajstić information content (AvgIpc) is 3.33. The zero-order valence-electron chi connectivity index (χ0n) is 21.3. The minimum absolute atomic E-state index is 0. The number of benzene rings is 3. The number of carbonyl (C=O) groups is 1. The summed E-state index contributed by atoms with van der Waals surface area (Å²) in [6.07, 6.45) is 1.99. The second-order valence-corrected chi connectivity index (χ2v) is 10.6. The van der Waals surface area contributed by atoms with E-state index in [-0.39, 0.29) is 42.2 Å². The first kappa shape index (κ1) is 27.7. The van der Waals surface area contributed by atoms with Gasteiger partial charge in [-0.15, -0.1) is 0 Å². The van der Waals surface area contributed by atoms with Gasteiger partial charge in [-0.3, -0.25) is 4.79 Å². The number of nitrogens with one attached hydrogen (secondary N) is 2. The molecule has 196 valence electrons. The van der Waals surface area contributed by atoms with Gasteiger partial charge in [0.15, 0.2) is 0 Å². The van der Waals surface area contributed by atoms with Crippen LogP contribution in [0.5, 0.6) is 0 Å². The van der Waals surface area contributed by atoms with Gasteiger partial charge in [-0.1, -0.05) is 78.9 Å². The van der Waals surface area contributed by atoms with Crippen molar-refractivity contribution in [1.82, 2.24) is 15.5 Å². The molecule has 3 aromatic carbocycles. The number of fused-ring (bicyclic) bond motifs is 2. The van der Waals surface area contributed by atoms with Crippen LogP contribution < -0.4 is 35.4 Å². The maximum absolute atomic E-state index is 14.5. The highest BCUT2D eigenvalue weighted by Crippen LogP contribution is 2.45. The number of hydrogen-bond acceptors (Lipinski definition) is 3. The molecule has 3 heterocycles. The molecule has 1 amide bonds. The van der Waals surface area contributed by atoms with Gasteiger partial charge < -0.3 is 40.3 Å². The van der Waals surface area contributed by atoms with E-state index in [0.717, 1.165) is 45.6 Å². The molecule has 0 radical (unpaired) electrons. The van der Waals surface area contributed by atoms with Crippen LogP contribution in [-0.2, 0) is 16.8 Å². The maximum Gasteiger partial charge on any atom is 0.228 e. The van der Waals surface area contributed by atoms with Gasteiger partial charge in [-0.05, 0) is 53.5 Å². The number of halogens is 2. The molecule has 1 spiro atoms. The van der Waals surface area contributed by atoms with Gasteiger partial charge in [0.1, 0.15) is 0 Å². The summed E-state index contributed by atoms with van der Waals surface area (Å²) in [5, 5.41) is 7.28. The van der Waals surface area contributed by atoms with Gasteiger partial charge in [0, 0.05) is 38.1 Å². The zero-order valence-corrected chi connectivity index (χ0v) is 22.8. The summed E-state index contributed by atoms with van der Waals surface area (Å²) in [5.41, 5.74) is 6.52. The van der Waals surface area contributed by atoms with Gasteiger partial charge in [0.2, 0.25) is 5.91 Å². The molecule has 6 heteroatoms. The van der Waals surface area contributed by atoms with E-state index in [9.17, 15) is 4.79 Å². The van der Waals surface area contributed by atoms with Gasteiger partial charge in [0.25, 0.3) is 0 Å². The summed E-state index contributed by atoms with van der Waals surface area (Å²) in [6.45, 7) is 6.33. The van der Waals surface area contributed by atoms with Crippen molar-refractivity contribution in [3.63, 3.8) is 0 Å². The van der Waals surface area contributed by atoms with Crippen LogP contribution in [0, 0.1) is 12.8 Å². The lowest BCUT2D eigenvalue weighted by atomic mass is 9.67. The van der Waals surface area contributed by atoms with Crippen molar-refractivity contribution in [2.45, 2.75) is 43.7 Å². The third kappa shape index (κ3) is 4.93. The third-order valence-corrected chi connectivity index (χ3v) is 8.78. The molecule has 0 aliphatic carbocycles. The largest absolute Gasteiger partial charge is 1.00 e. The van der Waals surface area contributed by atoms with Gasteiger partial charge in [-0.25, -0.2) is 0 Å². The van der Waals surface area contributed by atoms with Crippen LogP contribution >= 0.6 is 0 Å². The molecule has 2 saturated heterocycles. The van der Waals surface area contributed by atoms with Crippen molar-refractivity contribution in [2.24, 2.45) is 5.92 Å². The number of aryl methyl sites for hydroxylation is 1. The van der Waals surface area contributed by atoms with Gasteiger partial charge in [0.05, 0.1) is 12.0 Å². The quantitative estimate of drug-likeness (QED) is 0.438. The Morgan fingerprint density at radius 2 is 1.54 bits per heavy atom. The number of rotatable bonds is 3. The van der Waals surface area contributed by atoms with E-state index in [0.29, 0.717) is 11.8 Å². The molecular formula is C31H35Cl2N3O-2. The standard InChI is InChI=1S/C31H35N3O.2ClH/c1-22-9-8-14-27-26(22)18-32-20-31(27)21-33-19-28(31)30(35)34-16-15-25(23-10-4-2-5-11-23)17-29(34)24-12-6-3-7-13-24;;/h2-14,25,28-29,32-33H,15-21H2,1H3;2*1H/p-2/t25-,28+,29+,31+;;/m1../s1. The molecule has 37 heavy (non-hydrogen) atoms. The van der Waals surface area contributed by atoms with E-state index in [1.165, 1.54) is 27.8 Å². The van der Waals surface area contributed by atoms with Crippen LogP contribution in [-0.4, -0.2) is 37.0 Å². The van der Waals surface area contributed by atoms with E-state index >= 15 is 0 Å². The van der Waals surface area contributed by atoms with Gasteiger partial charge >= 0.3 is 0 Å². The Morgan fingerprint density at radius 3 is 2.27 bits per heavy atom. The summed E-state index contributed by atoms with van der Waals surface area (Å²) in [4.78, 5) is 16.7. The van der Waals surface area contributed by atoms with Crippen molar-refractivity contribution in [3.05, 3.63) is 107 Å². The molecule has 3 aliphatic rings. The molecule has 0 saturated carbocycles. The molecule has 2 fully saturated rings. The van der Waals surface area contributed by atoms with Crippen LogP contribution in [0.15, 0.2) is 78.9 Å². The second-order valence-electron chi connectivity index (χ2n) is 10.6. The summed E-state index contributed by atoms with van der Waals surface area (Å²) in [5.74, 6) is 0.725. The zero-order chi connectivity index (χ0) is 23.8. The molecule has 3 aliphatic heterocycles. The first-order chi connectivity index (χ1) is 17.2. The van der Waals surface area contributed by atoms with Crippen molar-refractivity contribution >= 4 is 5.91 Å². The minimum Gasteiger partial charge on any atom is -1.00 e. The third-order valence-electron chi connectivity index (χ3n) is 8.78. The maximum atomic E-state index is 14.5. The van der Waals surface area contributed by atoms with Crippen LogP contribution in [0.1, 0.15) is 52.6 Å². The topological polar surface area (TPSA) is 44.4 Å². The van der Waals surface area contributed by atoms with Crippen LogP contribution in [0.2, 0.25) is 0 Å². The van der Waals surface area contributed by atoms with Crippen LogP contribution in [0.4, 0.5) is 0 Å². The monoisotopic (exact) mass is 535 g/mol. The minimum atomic E-state index is -0.186. The average molecular weight is 537 g/mol. The highest BCUT2D eigenvalue weighted by molar-refractivity contribution is 5.82. The molecule has 4 nitrogen and oxygen atoms in total. The van der Waals surface area contributed by atoms with Crippen molar-refractivity contribution in [3.8, 4) is 0 Å². The lowest BCUT2D eigenvalue weighted by Gasteiger charge is -2.45. The summed E-state index contributed by atoms with van der Waals surface area (Å²) < 4.78 is 0. The lowest BCUT2D eigenvalue weighted by Crippen LogP contribution is -3.00. The number of piperidine rings is 1. The lowest BCUT2D eigenvalue weighted by molar-refractivity contribution is -0.141. The number of hydrogen-bond donors (Lipinski definition) is 2. The SMILES string of the molecule is Cc1cccc2c1CNC[C@]21CNC[C@H]1C(=O)N1CC[C@@H](c2ccccc2)C[C@H]1c1ccccc1.[Cl-].[Cl-]. The fraction of sp³-hybridized carbons (Fsp3) is 0.387. The Labute approximate surface area is 233 Å². The normalized spacial score (nSPS) is 26.6. The Morgan fingerprint density at radius 1 is 0.865 bits per heavy atom. The number of amides is 1. The summed E-state index contributed by atoms with van der Waals surface area (Å²) in [6, 6.07) is 28.2. The number of likely N-dealkylation sites (tertiary alicyclic amines) is 1. The predicted octanol–water partition coefficient (Wildman–Crippen LogP) is -1.29. The molecule has 6 rings (SSSR count). The van der Waals surface area contributed by atoms with Crippen molar-refractivity contribution in [1.29, 1.82) is 0 Å². The second kappa shape index (κ2) is 11.6. The van der Waals surface area contributed by atoms with E-state index in [2.05, 4.69) is 101 Å². The molecule has 0 unspecified atom stereocenters. The predicted molar refractivity (Wildman–Crippen MR) is 140 cm³/mol. The van der Waals surface area contributed by atoms with E-state index in [1.807, 2.05) is 0 Å². The summed E-state index contributed by atoms with van der Waals surface area (Å²) in [7, 11) is 0. The van der Waals surface area contributed by atoms with Crippen molar-refractivity contribution < 1.29 is 29.6 Å². The number of carbonyl (C=O) groups excluding carboxylic acids is 1. The highest BCUT2D eigenvalue weighted by Gasteiger charge is 2.52. The molecule has 0 bridgehead atoms. The molecule has 2 N–H and O–H groups in total. The smallest absolute Gasteiger partial charge is 0.228 e. The van der Waals surface area contributed by atoms with E-state index in [4.69, 9.17) is 0 Å². The van der Waals surface area contributed by atoms with Crippen LogP contribution in [0.3, 0.4) is 0 Å². The van der Waals surface area contributed by atoms with E-state index < -0.39 is 0 Å². The fourth-order valence-corrected chi connectivity index (χ4v) is 6.91. The van der Waals surface area contributed by atoms with Gasteiger partial charge in [-0.2, -0.15) is 0 Å². The highest BCUT2D eigenvalue weighted by atomic mass is 35.5. The Hall–Kier alpha value is -2.37. The van der Waals surface area contributed by atoms with Crippen LogP contribution in [0.25, 0.3) is 0 Å². The molecular weight excluding hydrogens is 501 g/mol. The number of nitrogens with zero attached hydrogens (tertiary/aromatic N) is 1. The fourth-order valence-electron chi connectivity index (χ4n) is 6.91. The molecule has 4 atom stereocenters. The Bertz CT molecular complexity index is 1210. The van der Waals surface area contributed by atoms with Crippen molar-refractivity contribution in [2.75, 3.05) is 26.2 Å². The first-order valence-electron chi connectivity index (χ1n) is 13.1. The Balaban J connectivity index is 0.00000160. The van der Waals surface area contributed by atoms with E-state index in [1.54, 1.807) is 0 Å².